The highest BCUT2D eigenvalue weighted by atomic mass is 16.2. The first-order valence-corrected chi connectivity index (χ1v) is 11.8. The molecule has 1 amide bonds. The molecule has 2 fully saturated rings. The number of carbonyl (C=O) groups excluding carboxylic acids is 3. The summed E-state index contributed by atoms with van der Waals surface area (Å²) in [7, 11) is 4.11. The number of carbonyl (C=O) groups is 3. The van der Waals surface area contributed by atoms with Crippen LogP contribution in [0.3, 0.4) is 0 Å². The summed E-state index contributed by atoms with van der Waals surface area (Å²) in [4.78, 5) is 39.0. The predicted octanol–water partition coefficient (Wildman–Crippen LogP) is 2.89. The van der Waals surface area contributed by atoms with Crippen molar-refractivity contribution in [2.24, 2.45) is 17.8 Å². The maximum atomic E-state index is 11.5. The van der Waals surface area contributed by atoms with Gasteiger partial charge in [0.05, 0.1) is 0 Å². The summed E-state index contributed by atoms with van der Waals surface area (Å²) in [6.07, 6.45) is 2.08. The molecular formula is C26H41N3O3. The monoisotopic (exact) mass is 443 g/mol. The van der Waals surface area contributed by atoms with Gasteiger partial charge in [-0.05, 0) is 57.8 Å². The first-order valence-electron chi connectivity index (χ1n) is 11.8. The van der Waals surface area contributed by atoms with E-state index in [1.807, 2.05) is 11.9 Å². The molecule has 3 heterocycles. The molecule has 3 aliphatic heterocycles. The molecule has 178 valence electrons. The van der Waals surface area contributed by atoms with Crippen LogP contribution >= 0.6 is 0 Å². The van der Waals surface area contributed by atoms with E-state index in [0.29, 0.717) is 23.4 Å². The van der Waals surface area contributed by atoms with Crippen LogP contribution in [0.5, 0.6) is 0 Å². The van der Waals surface area contributed by atoms with Crippen LogP contribution in [0, 0.1) is 17.8 Å². The van der Waals surface area contributed by atoms with Gasteiger partial charge in [0, 0.05) is 58.0 Å². The first-order chi connectivity index (χ1) is 15.1. The number of Topliss-reactive ketones (excluding diaryl/α,β-unsaturated/α-hetero) is 2. The Morgan fingerprint density at radius 2 is 1.38 bits per heavy atom. The van der Waals surface area contributed by atoms with Crippen LogP contribution in [-0.2, 0) is 27.3 Å². The summed E-state index contributed by atoms with van der Waals surface area (Å²) < 4.78 is 0. The molecule has 3 aliphatic rings. The number of benzene rings is 1. The predicted molar refractivity (Wildman–Crippen MR) is 128 cm³/mol. The fraction of sp³-hybridized carbons (Fsp3) is 0.654. The molecule has 6 heteroatoms. The van der Waals surface area contributed by atoms with Crippen molar-refractivity contribution in [1.29, 1.82) is 0 Å². The molecule has 0 bridgehead atoms. The Balaban J connectivity index is 0.000000183. The van der Waals surface area contributed by atoms with E-state index in [9.17, 15) is 14.4 Å². The molecule has 0 aliphatic carbocycles. The fourth-order valence-corrected chi connectivity index (χ4v) is 4.42. The quantitative estimate of drug-likeness (QED) is 0.703. The van der Waals surface area contributed by atoms with Crippen molar-refractivity contribution < 1.29 is 14.4 Å². The average Bonchev–Trinajstić information content (AvgIpc) is 3.05. The van der Waals surface area contributed by atoms with Crippen molar-refractivity contribution in [2.45, 2.75) is 47.1 Å². The smallest absolute Gasteiger partial charge is 0.219 e. The van der Waals surface area contributed by atoms with Gasteiger partial charge in [-0.3, -0.25) is 14.4 Å². The van der Waals surface area contributed by atoms with E-state index < -0.39 is 0 Å². The van der Waals surface area contributed by atoms with Gasteiger partial charge in [0.25, 0.3) is 0 Å². The second kappa shape index (κ2) is 12.3. The number of rotatable bonds is 2. The van der Waals surface area contributed by atoms with Gasteiger partial charge >= 0.3 is 0 Å². The third-order valence-electron chi connectivity index (χ3n) is 6.64. The van der Waals surface area contributed by atoms with Gasteiger partial charge in [0.1, 0.15) is 11.6 Å². The Morgan fingerprint density at radius 3 is 1.78 bits per heavy atom. The van der Waals surface area contributed by atoms with E-state index >= 15 is 0 Å². The first kappa shape index (κ1) is 26.2. The van der Waals surface area contributed by atoms with Crippen molar-refractivity contribution in [2.75, 3.05) is 46.8 Å². The highest BCUT2D eigenvalue weighted by molar-refractivity contribution is 5.79. The second-order valence-electron chi connectivity index (χ2n) is 9.86. The van der Waals surface area contributed by atoms with Crippen molar-refractivity contribution >= 4 is 17.5 Å². The lowest BCUT2D eigenvalue weighted by Gasteiger charge is -2.34. The zero-order valence-corrected chi connectivity index (χ0v) is 20.8. The summed E-state index contributed by atoms with van der Waals surface area (Å²) in [5, 5.41) is 0. The molecular weight excluding hydrogens is 402 g/mol. The molecule has 32 heavy (non-hydrogen) atoms. The van der Waals surface area contributed by atoms with Gasteiger partial charge in [-0.15, -0.1) is 0 Å². The van der Waals surface area contributed by atoms with Crippen LogP contribution in [0.15, 0.2) is 24.3 Å². The van der Waals surface area contributed by atoms with Crippen LogP contribution in [-0.4, -0.2) is 79.0 Å². The number of likely N-dealkylation sites (tertiary alicyclic amines) is 2. The Kier molecular flexibility index (Phi) is 10.0. The molecule has 1 aromatic rings. The topological polar surface area (TPSA) is 60.9 Å². The lowest BCUT2D eigenvalue weighted by Crippen LogP contribution is -2.46. The summed E-state index contributed by atoms with van der Waals surface area (Å²) in [5.41, 5.74) is 2.70. The number of ketones is 2. The maximum absolute atomic E-state index is 11.5. The molecule has 2 saturated heterocycles. The van der Waals surface area contributed by atoms with Crippen LogP contribution in [0.25, 0.3) is 0 Å². The van der Waals surface area contributed by atoms with Crippen LogP contribution in [0.4, 0.5) is 0 Å². The van der Waals surface area contributed by atoms with E-state index in [4.69, 9.17) is 0 Å². The number of amides is 1. The molecule has 0 saturated carbocycles. The van der Waals surface area contributed by atoms with E-state index in [-0.39, 0.29) is 11.8 Å². The van der Waals surface area contributed by atoms with Crippen molar-refractivity contribution in [3.63, 3.8) is 0 Å². The second-order valence-corrected chi connectivity index (χ2v) is 9.86. The SMILES string of the molecule is CC(=O)C1CN(C)C1.CC(=O)C1Cc2ccccc2CN(C)C1.CC(=O)N1CCC(C)C1. The lowest BCUT2D eigenvalue weighted by atomic mass is 9.95. The Hall–Kier alpha value is -2.05. The molecule has 0 aromatic heterocycles. The van der Waals surface area contributed by atoms with Gasteiger partial charge in [0.15, 0.2) is 0 Å². The van der Waals surface area contributed by atoms with Gasteiger partial charge in [-0.2, -0.15) is 0 Å². The number of fused-ring (bicyclic) bond motifs is 1. The zero-order chi connectivity index (χ0) is 23.8. The molecule has 2 unspecified atom stereocenters. The van der Waals surface area contributed by atoms with E-state index in [2.05, 4.69) is 48.0 Å². The van der Waals surface area contributed by atoms with Crippen molar-refractivity contribution in [3.8, 4) is 0 Å². The molecule has 4 rings (SSSR count). The summed E-state index contributed by atoms with van der Waals surface area (Å²) in [5.74, 6) is 2.09. The fourth-order valence-electron chi connectivity index (χ4n) is 4.42. The minimum atomic E-state index is 0.165. The van der Waals surface area contributed by atoms with Crippen LogP contribution < -0.4 is 0 Å². The number of hydrogen-bond acceptors (Lipinski definition) is 5. The Labute approximate surface area is 193 Å². The van der Waals surface area contributed by atoms with Gasteiger partial charge in [0.2, 0.25) is 5.91 Å². The molecule has 0 spiro atoms. The highest BCUT2D eigenvalue weighted by Gasteiger charge is 2.26. The van der Waals surface area contributed by atoms with Crippen LogP contribution in [0.1, 0.15) is 45.2 Å². The standard InChI is InChI=1S/C13H17NO.C7H13NO.C6H11NO/c1-10(15)13-7-11-5-3-4-6-12(11)8-14(2)9-13;1-6-3-4-8(5-6)7(2)9;1-5(8)6-3-7(2)4-6/h3-6,13H,7-9H2,1-2H3;6H,3-5H2,1-2H3;6H,3-4H2,1-2H3. The third kappa shape index (κ3) is 8.14. The lowest BCUT2D eigenvalue weighted by molar-refractivity contribution is -0.128. The summed E-state index contributed by atoms with van der Waals surface area (Å²) in [6.45, 7) is 12.9. The van der Waals surface area contributed by atoms with Gasteiger partial charge in [-0.25, -0.2) is 0 Å². The average molecular weight is 444 g/mol. The van der Waals surface area contributed by atoms with E-state index in [1.165, 1.54) is 17.5 Å². The van der Waals surface area contributed by atoms with E-state index in [0.717, 1.165) is 45.7 Å². The molecule has 1 aromatic carbocycles. The van der Waals surface area contributed by atoms with Crippen LogP contribution in [0.2, 0.25) is 0 Å². The Bertz CT molecular complexity index is 788. The van der Waals surface area contributed by atoms with Crippen molar-refractivity contribution in [1.82, 2.24) is 14.7 Å². The third-order valence-corrected chi connectivity index (χ3v) is 6.64. The molecule has 6 nitrogen and oxygen atoms in total. The normalized spacial score (nSPS) is 23.5. The molecule has 2 atom stereocenters. The zero-order valence-electron chi connectivity index (χ0n) is 20.8. The molecule has 0 radical (unpaired) electrons. The number of hydrogen-bond donors (Lipinski definition) is 0. The highest BCUT2D eigenvalue weighted by Crippen LogP contribution is 2.21. The summed E-state index contributed by atoms with van der Waals surface area (Å²) >= 11 is 0. The maximum Gasteiger partial charge on any atom is 0.219 e. The minimum Gasteiger partial charge on any atom is -0.343 e. The minimum absolute atomic E-state index is 0.165. The Morgan fingerprint density at radius 1 is 0.812 bits per heavy atom. The summed E-state index contributed by atoms with van der Waals surface area (Å²) in [6, 6.07) is 8.43. The number of nitrogens with zero attached hydrogens (tertiary/aromatic N) is 3. The molecule has 0 N–H and O–H groups in total. The van der Waals surface area contributed by atoms with E-state index in [1.54, 1.807) is 20.8 Å². The van der Waals surface area contributed by atoms with Crippen molar-refractivity contribution in [3.05, 3.63) is 35.4 Å². The van der Waals surface area contributed by atoms with Gasteiger partial charge in [-0.1, -0.05) is 31.2 Å². The largest absolute Gasteiger partial charge is 0.343 e. The van der Waals surface area contributed by atoms with Gasteiger partial charge < -0.3 is 14.7 Å².